The molecule has 0 fully saturated rings. The zero-order valence-electron chi connectivity index (χ0n) is 10.1. The van der Waals surface area contributed by atoms with Gasteiger partial charge >= 0.3 is 0 Å². The molecule has 0 radical (unpaired) electrons. The Labute approximate surface area is 111 Å². The molecule has 1 aromatic rings. The maximum absolute atomic E-state index is 12.8. The minimum Gasteiger partial charge on any atom is -0.398 e. The fourth-order valence-corrected chi connectivity index (χ4v) is 3.10. The summed E-state index contributed by atoms with van der Waals surface area (Å²) in [4.78, 5) is -0.0752. The standard InChI is InChI=1S/C11H17FN2O2S2/c1-17-7-3-2-6-14-18(15,16)11-5-4-9(12)8-10(11)13/h4-5,8,14H,2-3,6-7,13H2,1H3. The number of unbranched alkanes of at least 4 members (excludes halogenated alkanes) is 1. The number of benzene rings is 1. The Hall–Kier alpha value is -0.790. The van der Waals surface area contributed by atoms with Crippen molar-refractivity contribution < 1.29 is 12.8 Å². The van der Waals surface area contributed by atoms with Crippen LogP contribution in [0.1, 0.15) is 12.8 Å². The van der Waals surface area contributed by atoms with E-state index in [1.54, 1.807) is 11.8 Å². The van der Waals surface area contributed by atoms with E-state index < -0.39 is 15.8 Å². The average Bonchev–Trinajstić information content (AvgIpc) is 2.28. The number of rotatable bonds is 7. The van der Waals surface area contributed by atoms with Gasteiger partial charge in [-0.25, -0.2) is 17.5 Å². The molecule has 0 bridgehead atoms. The lowest BCUT2D eigenvalue weighted by atomic mass is 10.3. The zero-order valence-corrected chi connectivity index (χ0v) is 11.8. The fraction of sp³-hybridized carbons (Fsp3) is 0.455. The van der Waals surface area contributed by atoms with E-state index in [9.17, 15) is 12.8 Å². The van der Waals surface area contributed by atoms with Gasteiger partial charge in [-0.15, -0.1) is 0 Å². The van der Waals surface area contributed by atoms with Crippen LogP contribution in [-0.4, -0.2) is 27.0 Å². The van der Waals surface area contributed by atoms with Crippen molar-refractivity contribution in [2.24, 2.45) is 0 Å². The molecule has 0 spiro atoms. The summed E-state index contributed by atoms with van der Waals surface area (Å²) in [5.74, 6) is 0.451. The number of halogens is 1. The van der Waals surface area contributed by atoms with Crippen LogP contribution in [-0.2, 0) is 10.0 Å². The van der Waals surface area contributed by atoms with Gasteiger partial charge in [0.2, 0.25) is 10.0 Å². The van der Waals surface area contributed by atoms with Crippen molar-refractivity contribution in [2.45, 2.75) is 17.7 Å². The van der Waals surface area contributed by atoms with Gasteiger partial charge in [-0.3, -0.25) is 0 Å². The summed E-state index contributed by atoms with van der Waals surface area (Å²) < 4.78 is 39.0. The van der Waals surface area contributed by atoms with Gasteiger partial charge in [-0.05, 0) is 43.0 Å². The van der Waals surface area contributed by atoms with Crippen molar-refractivity contribution in [2.75, 3.05) is 24.3 Å². The van der Waals surface area contributed by atoms with Crippen LogP contribution in [0.15, 0.2) is 23.1 Å². The Morgan fingerprint density at radius 3 is 2.72 bits per heavy atom. The van der Waals surface area contributed by atoms with Crippen molar-refractivity contribution in [3.63, 3.8) is 0 Å². The zero-order chi connectivity index (χ0) is 13.6. The van der Waals surface area contributed by atoms with Gasteiger partial charge in [-0.2, -0.15) is 11.8 Å². The summed E-state index contributed by atoms with van der Waals surface area (Å²) in [6.07, 6.45) is 3.72. The Balaban J connectivity index is 2.63. The molecule has 1 rings (SSSR count). The summed E-state index contributed by atoms with van der Waals surface area (Å²) in [6, 6.07) is 3.26. The van der Waals surface area contributed by atoms with Gasteiger partial charge in [0.25, 0.3) is 0 Å². The highest BCUT2D eigenvalue weighted by atomic mass is 32.2. The molecule has 1 aromatic carbocycles. The predicted octanol–water partition coefficient (Wildman–Crippen LogP) is 1.83. The van der Waals surface area contributed by atoms with E-state index in [4.69, 9.17) is 5.73 Å². The van der Waals surface area contributed by atoms with Crippen LogP contribution < -0.4 is 10.5 Å². The normalized spacial score (nSPS) is 11.7. The smallest absolute Gasteiger partial charge is 0.242 e. The van der Waals surface area contributed by atoms with Crippen LogP contribution in [0.4, 0.5) is 10.1 Å². The third-order valence-corrected chi connectivity index (χ3v) is 4.56. The van der Waals surface area contributed by atoms with Gasteiger partial charge in [0.05, 0.1) is 5.69 Å². The monoisotopic (exact) mass is 292 g/mol. The van der Waals surface area contributed by atoms with Crippen molar-refractivity contribution >= 4 is 27.5 Å². The summed E-state index contributed by atoms with van der Waals surface area (Å²) >= 11 is 1.72. The van der Waals surface area contributed by atoms with E-state index in [0.717, 1.165) is 30.7 Å². The molecule has 0 unspecified atom stereocenters. The van der Waals surface area contributed by atoms with Crippen LogP contribution >= 0.6 is 11.8 Å². The average molecular weight is 292 g/mol. The highest BCUT2D eigenvalue weighted by molar-refractivity contribution is 7.98. The Morgan fingerprint density at radius 1 is 1.39 bits per heavy atom. The summed E-state index contributed by atoms with van der Waals surface area (Å²) in [6.45, 7) is 0.361. The lowest BCUT2D eigenvalue weighted by Gasteiger charge is -2.08. The maximum Gasteiger partial charge on any atom is 0.242 e. The van der Waals surface area contributed by atoms with E-state index in [0.29, 0.717) is 6.54 Å². The molecular weight excluding hydrogens is 275 g/mol. The molecule has 0 saturated heterocycles. The molecule has 102 valence electrons. The van der Waals surface area contributed by atoms with Crippen molar-refractivity contribution in [3.8, 4) is 0 Å². The van der Waals surface area contributed by atoms with Crippen LogP contribution in [0.5, 0.6) is 0 Å². The van der Waals surface area contributed by atoms with Gasteiger partial charge < -0.3 is 5.73 Å². The van der Waals surface area contributed by atoms with Crippen LogP contribution in [0.2, 0.25) is 0 Å². The number of hydrogen-bond acceptors (Lipinski definition) is 4. The molecule has 0 aliphatic heterocycles. The van der Waals surface area contributed by atoms with Crippen molar-refractivity contribution in [3.05, 3.63) is 24.0 Å². The second-order valence-electron chi connectivity index (χ2n) is 3.78. The molecule has 0 atom stereocenters. The third-order valence-electron chi connectivity index (χ3n) is 2.33. The van der Waals surface area contributed by atoms with Crippen molar-refractivity contribution in [1.82, 2.24) is 4.72 Å². The van der Waals surface area contributed by atoms with Crippen LogP contribution in [0, 0.1) is 5.82 Å². The van der Waals surface area contributed by atoms with Gasteiger partial charge in [-0.1, -0.05) is 0 Å². The molecule has 7 heteroatoms. The Morgan fingerprint density at radius 2 is 2.11 bits per heavy atom. The molecule has 0 amide bonds. The first-order valence-corrected chi connectivity index (χ1v) is 8.38. The number of sulfonamides is 1. The molecule has 4 nitrogen and oxygen atoms in total. The quantitative estimate of drug-likeness (QED) is 0.594. The number of nitrogens with one attached hydrogen (secondary N) is 1. The van der Waals surface area contributed by atoms with E-state index in [1.807, 2.05) is 6.26 Å². The summed E-state index contributed by atoms with van der Waals surface area (Å²) in [7, 11) is -3.64. The Kier molecular flexibility index (Phi) is 5.90. The number of anilines is 1. The number of nitrogens with two attached hydrogens (primary N) is 1. The number of nitrogen functional groups attached to an aromatic ring is 1. The van der Waals surface area contributed by atoms with Gasteiger partial charge in [0, 0.05) is 6.54 Å². The number of hydrogen-bond donors (Lipinski definition) is 2. The minimum atomic E-state index is -3.64. The second kappa shape index (κ2) is 6.96. The molecule has 0 aliphatic rings. The van der Waals surface area contributed by atoms with E-state index in [2.05, 4.69) is 4.72 Å². The van der Waals surface area contributed by atoms with E-state index >= 15 is 0 Å². The molecular formula is C11H17FN2O2S2. The molecule has 0 aliphatic carbocycles. The maximum atomic E-state index is 12.8. The lowest BCUT2D eigenvalue weighted by Crippen LogP contribution is -2.25. The summed E-state index contributed by atoms with van der Waals surface area (Å²) in [5, 5.41) is 0. The first-order chi connectivity index (χ1) is 8.47. The minimum absolute atomic E-state index is 0.0752. The molecule has 0 heterocycles. The lowest BCUT2D eigenvalue weighted by molar-refractivity contribution is 0.578. The predicted molar refractivity (Wildman–Crippen MR) is 73.6 cm³/mol. The first-order valence-electron chi connectivity index (χ1n) is 5.51. The van der Waals surface area contributed by atoms with Crippen molar-refractivity contribution in [1.29, 1.82) is 0 Å². The summed E-state index contributed by atoms with van der Waals surface area (Å²) in [5.41, 5.74) is 5.42. The first kappa shape index (κ1) is 15.3. The second-order valence-corrected chi connectivity index (χ2v) is 6.50. The molecule has 3 N–H and O–H groups in total. The number of thioether (sulfide) groups is 1. The molecule has 18 heavy (non-hydrogen) atoms. The van der Waals surface area contributed by atoms with E-state index in [1.165, 1.54) is 6.07 Å². The fourth-order valence-electron chi connectivity index (χ4n) is 1.42. The Bertz CT molecular complexity index is 492. The van der Waals surface area contributed by atoms with Gasteiger partial charge in [0.1, 0.15) is 10.7 Å². The highest BCUT2D eigenvalue weighted by Crippen LogP contribution is 2.18. The molecule has 0 aromatic heterocycles. The third kappa shape index (κ3) is 4.47. The van der Waals surface area contributed by atoms with Crippen LogP contribution in [0.3, 0.4) is 0 Å². The SMILES string of the molecule is CSCCCCNS(=O)(=O)c1ccc(F)cc1N. The van der Waals surface area contributed by atoms with E-state index in [-0.39, 0.29) is 10.6 Å². The van der Waals surface area contributed by atoms with Gasteiger partial charge in [0.15, 0.2) is 0 Å². The topological polar surface area (TPSA) is 72.2 Å². The van der Waals surface area contributed by atoms with Crippen LogP contribution in [0.25, 0.3) is 0 Å². The highest BCUT2D eigenvalue weighted by Gasteiger charge is 2.16. The largest absolute Gasteiger partial charge is 0.398 e. The molecule has 0 saturated carbocycles.